The van der Waals surface area contributed by atoms with Crippen LogP contribution in [0.1, 0.15) is 17.7 Å². The zero-order valence-electron chi connectivity index (χ0n) is 7.38. The van der Waals surface area contributed by atoms with E-state index in [4.69, 9.17) is 0 Å². The molecule has 0 aliphatic heterocycles. The quantitative estimate of drug-likeness (QED) is 0.780. The third kappa shape index (κ3) is 3.91. The number of hydrogen-bond acceptors (Lipinski definition) is 3. The molecule has 2 nitrogen and oxygen atoms in total. The molecule has 4 heteroatoms. The van der Waals surface area contributed by atoms with Gasteiger partial charge in [-0.25, -0.2) is 0 Å². The van der Waals surface area contributed by atoms with E-state index in [0.717, 1.165) is 16.6 Å². The first-order chi connectivity index (χ1) is 6.22. The van der Waals surface area contributed by atoms with Crippen LogP contribution < -0.4 is 0 Å². The second kappa shape index (κ2) is 5.40. The fourth-order valence-electron chi connectivity index (χ4n) is 0.995. The molecule has 13 heavy (non-hydrogen) atoms. The predicted molar refractivity (Wildman–Crippen MR) is 57.0 cm³/mol. The minimum Gasteiger partial charge on any atom is -0.469 e. The van der Waals surface area contributed by atoms with Crippen LogP contribution in [-0.2, 0) is 16.0 Å². The van der Waals surface area contributed by atoms with E-state index in [1.54, 1.807) is 11.3 Å². The summed E-state index contributed by atoms with van der Waals surface area (Å²) in [5, 5.41) is 0. The van der Waals surface area contributed by atoms with Crippen LogP contribution in [0.4, 0.5) is 0 Å². The van der Waals surface area contributed by atoms with Gasteiger partial charge >= 0.3 is 5.97 Å². The van der Waals surface area contributed by atoms with Gasteiger partial charge in [-0.1, -0.05) is 0 Å². The van der Waals surface area contributed by atoms with Crippen molar-refractivity contribution in [2.75, 3.05) is 7.11 Å². The van der Waals surface area contributed by atoms with E-state index in [0.29, 0.717) is 6.42 Å². The number of methoxy groups -OCH3 is 1. The van der Waals surface area contributed by atoms with Crippen molar-refractivity contribution in [3.05, 3.63) is 20.8 Å². The maximum Gasteiger partial charge on any atom is 0.305 e. The van der Waals surface area contributed by atoms with Crippen molar-refractivity contribution in [2.24, 2.45) is 0 Å². The molecular weight excluding hydrogens is 252 g/mol. The average Bonchev–Trinajstić information content (AvgIpc) is 2.51. The molecule has 0 atom stereocenters. The zero-order valence-corrected chi connectivity index (χ0v) is 9.78. The Morgan fingerprint density at radius 2 is 2.38 bits per heavy atom. The molecule has 0 bridgehead atoms. The van der Waals surface area contributed by atoms with Crippen molar-refractivity contribution in [1.29, 1.82) is 0 Å². The molecule has 0 unspecified atom stereocenters. The Morgan fingerprint density at radius 3 is 2.92 bits per heavy atom. The van der Waals surface area contributed by atoms with E-state index in [1.807, 2.05) is 6.07 Å². The zero-order chi connectivity index (χ0) is 9.68. The minimum atomic E-state index is -0.129. The molecule has 0 aromatic carbocycles. The topological polar surface area (TPSA) is 26.3 Å². The third-order valence-electron chi connectivity index (χ3n) is 1.66. The van der Waals surface area contributed by atoms with Crippen LogP contribution in [0, 0.1) is 0 Å². The minimum absolute atomic E-state index is 0.129. The van der Waals surface area contributed by atoms with Crippen LogP contribution >= 0.6 is 27.3 Å². The second-order valence-corrected chi connectivity index (χ2v) is 5.18. The van der Waals surface area contributed by atoms with Gasteiger partial charge in [0.15, 0.2) is 0 Å². The second-order valence-electron chi connectivity index (χ2n) is 2.64. The Bertz CT molecular complexity index is 283. The summed E-state index contributed by atoms with van der Waals surface area (Å²) in [7, 11) is 1.42. The first-order valence-corrected chi connectivity index (χ1v) is 5.64. The lowest BCUT2D eigenvalue weighted by molar-refractivity contribution is -0.140. The van der Waals surface area contributed by atoms with Crippen molar-refractivity contribution in [2.45, 2.75) is 19.3 Å². The molecule has 0 saturated heterocycles. The van der Waals surface area contributed by atoms with E-state index >= 15 is 0 Å². The van der Waals surface area contributed by atoms with Crippen molar-refractivity contribution >= 4 is 33.2 Å². The molecule has 0 aliphatic rings. The molecule has 1 aromatic rings. The molecular formula is C9H11BrO2S. The number of halogens is 1. The molecule has 0 aliphatic carbocycles. The molecule has 0 spiro atoms. The van der Waals surface area contributed by atoms with Crippen molar-refractivity contribution in [3.8, 4) is 0 Å². The van der Waals surface area contributed by atoms with E-state index in [2.05, 4.69) is 26.7 Å². The summed E-state index contributed by atoms with van der Waals surface area (Å²) < 4.78 is 5.69. The molecule has 0 N–H and O–H groups in total. The number of ether oxygens (including phenoxy) is 1. The number of hydrogen-bond donors (Lipinski definition) is 0. The van der Waals surface area contributed by atoms with E-state index < -0.39 is 0 Å². The van der Waals surface area contributed by atoms with Gasteiger partial charge in [-0.2, -0.15) is 0 Å². The standard InChI is InChI=1S/C9H11BrO2S/c1-12-9(11)4-2-3-7-5-6-8(10)13-7/h5-6H,2-4H2,1H3. The maximum absolute atomic E-state index is 10.8. The van der Waals surface area contributed by atoms with Crippen LogP contribution in [0.2, 0.25) is 0 Å². The summed E-state index contributed by atoms with van der Waals surface area (Å²) in [5.74, 6) is -0.129. The molecule has 72 valence electrons. The Balaban J connectivity index is 2.24. The fraction of sp³-hybridized carbons (Fsp3) is 0.444. The van der Waals surface area contributed by atoms with Gasteiger partial charge in [-0.05, 0) is 40.9 Å². The molecule has 1 heterocycles. The van der Waals surface area contributed by atoms with Gasteiger partial charge in [0.1, 0.15) is 0 Å². The van der Waals surface area contributed by atoms with Crippen LogP contribution in [0.25, 0.3) is 0 Å². The van der Waals surface area contributed by atoms with Gasteiger partial charge < -0.3 is 4.74 Å². The Kier molecular flexibility index (Phi) is 4.45. The Labute approximate surface area is 90.0 Å². The summed E-state index contributed by atoms with van der Waals surface area (Å²) in [4.78, 5) is 12.1. The Morgan fingerprint density at radius 1 is 1.62 bits per heavy atom. The number of carbonyl (C=O) groups is 1. The number of thiophene rings is 1. The molecule has 1 rings (SSSR count). The van der Waals surface area contributed by atoms with Gasteiger partial charge in [0.2, 0.25) is 0 Å². The van der Waals surface area contributed by atoms with Crippen molar-refractivity contribution in [1.82, 2.24) is 0 Å². The first kappa shape index (κ1) is 10.7. The smallest absolute Gasteiger partial charge is 0.305 e. The normalized spacial score (nSPS) is 10.0. The highest BCUT2D eigenvalue weighted by Crippen LogP contribution is 2.23. The van der Waals surface area contributed by atoms with Gasteiger partial charge in [0.05, 0.1) is 10.9 Å². The highest BCUT2D eigenvalue weighted by molar-refractivity contribution is 9.11. The maximum atomic E-state index is 10.8. The van der Waals surface area contributed by atoms with E-state index in [1.165, 1.54) is 12.0 Å². The molecule has 0 saturated carbocycles. The SMILES string of the molecule is COC(=O)CCCc1ccc(Br)s1. The molecule has 0 amide bonds. The van der Waals surface area contributed by atoms with Crippen LogP contribution in [0.5, 0.6) is 0 Å². The van der Waals surface area contributed by atoms with Crippen LogP contribution in [0.3, 0.4) is 0 Å². The number of rotatable bonds is 4. The summed E-state index contributed by atoms with van der Waals surface area (Å²) in [6.45, 7) is 0. The van der Waals surface area contributed by atoms with E-state index in [9.17, 15) is 4.79 Å². The first-order valence-electron chi connectivity index (χ1n) is 4.03. The summed E-state index contributed by atoms with van der Waals surface area (Å²) in [5.41, 5.74) is 0. The monoisotopic (exact) mass is 262 g/mol. The number of aryl methyl sites for hydroxylation is 1. The Hall–Kier alpha value is -0.350. The van der Waals surface area contributed by atoms with E-state index in [-0.39, 0.29) is 5.97 Å². The predicted octanol–water partition coefficient (Wildman–Crippen LogP) is 3.01. The lowest BCUT2D eigenvalue weighted by atomic mass is 10.2. The van der Waals surface area contributed by atoms with Crippen molar-refractivity contribution < 1.29 is 9.53 Å². The van der Waals surface area contributed by atoms with Gasteiger partial charge in [-0.15, -0.1) is 11.3 Å². The number of carbonyl (C=O) groups excluding carboxylic acids is 1. The lowest BCUT2D eigenvalue weighted by Crippen LogP contribution is -1.99. The number of esters is 1. The van der Waals surface area contributed by atoms with Gasteiger partial charge in [-0.3, -0.25) is 4.79 Å². The highest BCUT2D eigenvalue weighted by Gasteiger charge is 2.01. The summed E-state index contributed by atoms with van der Waals surface area (Å²) in [6.07, 6.45) is 2.32. The van der Waals surface area contributed by atoms with Crippen molar-refractivity contribution in [3.63, 3.8) is 0 Å². The summed E-state index contributed by atoms with van der Waals surface area (Å²) in [6, 6.07) is 4.10. The highest BCUT2D eigenvalue weighted by atomic mass is 79.9. The van der Waals surface area contributed by atoms with Gasteiger partial charge in [0, 0.05) is 11.3 Å². The largest absolute Gasteiger partial charge is 0.469 e. The third-order valence-corrected chi connectivity index (χ3v) is 3.34. The summed E-state index contributed by atoms with van der Waals surface area (Å²) >= 11 is 5.11. The fourth-order valence-corrected chi connectivity index (χ4v) is 2.52. The molecule has 0 radical (unpaired) electrons. The van der Waals surface area contributed by atoms with Crippen LogP contribution in [-0.4, -0.2) is 13.1 Å². The van der Waals surface area contributed by atoms with Crippen LogP contribution in [0.15, 0.2) is 15.9 Å². The molecule has 0 fully saturated rings. The lowest BCUT2D eigenvalue weighted by Gasteiger charge is -1.97. The molecule has 1 aromatic heterocycles. The average molecular weight is 263 g/mol. The van der Waals surface area contributed by atoms with Gasteiger partial charge in [0.25, 0.3) is 0 Å².